The summed E-state index contributed by atoms with van der Waals surface area (Å²) >= 11 is 6.00. The summed E-state index contributed by atoms with van der Waals surface area (Å²) < 4.78 is 16.9. The Hall–Kier alpha value is -3.77. The highest BCUT2D eigenvalue weighted by molar-refractivity contribution is 6.30. The molecule has 0 fully saturated rings. The van der Waals surface area contributed by atoms with E-state index in [0.717, 1.165) is 11.3 Å². The van der Waals surface area contributed by atoms with Gasteiger partial charge in [-0.05, 0) is 54.1 Å². The third-order valence-electron chi connectivity index (χ3n) is 4.48. The fraction of sp³-hybridized carbons (Fsp3) is 0.0833. The first-order valence-electron chi connectivity index (χ1n) is 9.45. The lowest BCUT2D eigenvalue weighted by molar-refractivity contribution is 0.304. The summed E-state index contributed by atoms with van der Waals surface area (Å²) in [5.74, 6) is 2.27. The smallest absolute Gasteiger partial charge is 0.172 e. The number of aromatic nitrogens is 2. The molecule has 4 rings (SSSR count). The van der Waals surface area contributed by atoms with E-state index in [4.69, 9.17) is 25.8 Å². The van der Waals surface area contributed by atoms with Gasteiger partial charge in [-0.25, -0.2) is 9.97 Å². The predicted octanol–water partition coefficient (Wildman–Crippen LogP) is 5.88. The molecule has 0 aliphatic rings. The summed E-state index contributed by atoms with van der Waals surface area (Å²) in [5.41, 5.74) is 1.90. The molecule has 1 heterocycles. The molecule has 7 heteroatoms. The molecule has 0 bridgehead atoms. The van der Waals surface area contributed by atoms with Gasteiger partial charge in [-0.3, -0.25) is 0 Å². The van der Waals surface area contributed by atoms with Crippen molar-refractivity contribution in [2.24, 2.45) is 0 Å². The number of hydrogen-bond donors (Lipinski definition) is 1. The minimum Gasteiger partial charge on any atom is -0.507 e. The topological polar surface area (TPSA) is 73.7 Å². The van der Waals surface area contributed by atoms with E-state index in [1.165, 1.54) is 6.33 Å². The third-order valence-corrected chi connectivity index (χ3v) is 4.72. The Morgan fingerprint density at radius 1 is 0.935 bits per heavy atom. The van der Waals surface area contributed by atoms with Crippen molar-refractivity contribution in [1.82, 2.24) is 9.97 Å². The predicted molar refractivity (Wildman–Crippen MR) is 118 cm³/mol. The third kappa shape index (κ3) is 5.05. The van der Waals surface area contributed by atoms with Crippen LogP contribution in [-0.2, 0) is 6.61 Å². The second-order valence-electron chi connectivity index (χ2n) is 6.61. The molecule has 0 aliphatic heterocycles. The minimum absolute atomic E-state index is 0.0156. The fourth-order valence-electron chi connectivity index (χ4n) is 2.96. The van der Waals surface area contributed by atoms with Crippen molar-refractivity contribution < 1.29 is 19.3 Å². The molecule has 0 unspecified atom stereocenters. The quantitative estimate of drug-likeness (QED) is 0.391. The maximum atomic E-state index is 10.6. The van der Waals surface area contributed by atoms with Crippen LogP contribution in [0.2, 0.25) is 5.02 Å². The van der Waals surface area contributed by atoms with Crippen molar-refractivity contribution >= 4 is 11.6 Å². The molecule has 6 nitrogen and oxygen atoms in total. The molecule has 1 aromatic heterocycles. The van der Waals surface area contributed by atoms with Crippen molar-refractivity contribution in [1.29, 1.82) is 0 Å². The number of aromatic hydroxyl groups is 1. The molecule has 0 amide bonds. The van der Waals surface area contributed by atoms with E-state index in [1.54, 1.807) is 61.8 Å². The van der Waals surface area contributed by atoms with Gasteiger partial charge >= 0.3 is 0 Å². The summed E-state index contributed by atoms with van der Waals surface area (Å²) in [6, 6.07) is 19.6. The molecule has 0 atom stereocenters. The van der Waals surface area contributed by atoms with Crippen LogP contribution >= 0.6 is 11.6 Å². The number of phenols is 1. The van der Waals surface area contributed by atoms with Gasteiger partial charge in [0.1, 0.15) is 41.6 Å². The normalized spacial score (nSPS) is 10.5. The number of nitrogens with zero attached hydrogens (tertiary/aromatic N) is 2. The number of methoxy groups -OCH3 is 1. The largest absolute Gasteiger partial charge is 0.507 e. The Kier molecular flexibility index (Phi) is 6.19. The Balaban J connectivity index is 1.54. The average Bonchev–Trinajstić information content (AvgIpc) is 2.79. The van der Waals surface area contributed by atoms with Crippen molar-refractivity contribution in [2.45, 2.75) is 6.61 Å². The molecular weight excluding hydrogens is 416 g/mol. The van der Waals surface area contributed by atoms with E-state index in [0.29, 0.717) is 40.1 Å². The number of phenolic OH excluding ortho intramolecular Hbond substituents is 1. The van der Waals surface area contributed by atoms with E-state index in [9.17, 15) is 5.11 Å². The first-order valence-corrected chi connectivity index (χ1v) is 9.83. The average molecular weight is 435 g/mol. The highest BCUT2D eigenvalue weighted by atomic mass is 35.5. The first-order chi connectivity index (χ1) is 15.1. The van der Waals surface area contributed by atoms with Crippen molar-refractivity contribution in [2.75, 3.05) is 7.11 Å². The van der Waals surface area contributed by atoms with Crippen LogP contribution in [0.3, 0.4) is 0 Å². The van der Waals surface area contributed by atoms with Gasteiger partial charge in [-0.15, -0.1) is 0 Å². The number of halogens is 1. The zero-order chi connectivity index (χ0) is 21.6. The van der Waals surface area contributed by atoms with Crippen LogP contribution in [0.4, 0.5) is 0 Å². The minimum atomic E-state index is 0.0156. The maximum absolute atomic E-state index is 10.6. The maximum Gasteiger partial charge on any atom is 0.172 e. The standard InChI is InChI=1S/C24H19ClN2O4/c1-29-18-5-7-19(8-6-18)31-23-13-26-15-27-24(23)21-10-9-20(12-22(21)28)30-14-16-3-2-4-17(25)11-16/h2-13,15,28H,14H2,1H3. The van der Waals surface area contributed by atoms with Crippen molar-refractivity contribution in [3.63, 3.8) is 0 Å². The number of hydrogen-bond acceptors (Lipinski definition) is 6. The first kappa shape index (κ1) is 20.5. The summed E-state index contributed by atoms with van der Waals surface area (Å²) in [4.78, 5) is 8.34. The lowest BCUT2D eigenvalue weighted by Gasteiger charge is -2.13. The summed E-state index contributed by atoms with van der Waals surface area (Å²) in [5, 5.41) is 11.3. The molecule has 0 saturated heterocycles. The van der Waals surface area contributed by atoms with Gasteiger partial charge in [-0.1, -0.05) is 23.7 Å². The van der Waals surface area contributed by atoms with Gasteiger partial charge in [0.2, 0.25) is 0 Å². The van der Waals surface area contributed by atoms with Crippen LogP contribution < -0.4 is 14.2 Å². The molecular formula is C24H19ClN2O4. The molecule has 1 N–H and O–H groups in total. The summed E-state index contributed by atoms with van der Waals surface area (Å²) in [6.07, 6.45) is 2.95. The Bertz CT molecular complexity index is 1180. The molecule has 31 heavy (non-hydrogen) atoms. The molecule has 156 valence electrons. The molecule has 3 aromatic carbocycles. The molecule has 0 radical (unpaired) electrons. The van der Waals surface area contributed by atoms with Crippen LogP contribution in [0, 0.1) is 0 Å². The highest BCUT2D eigenvalue weighted by Gasteiger charge is 2.14. The molecule has 0 saturated carbocycles. The van der Waals surface area contributed by atoms with E-state index in [-0.39, 0.29) is 5.75 Å². The highest BCUT2D eigenvalue weighted by Crippen LogP contribution is 2.37. The van der Waals surface area contributed by atoms with Gasteiger partial charge in [0.15, 0.2) is 5.75 Å². The summed E-state index contributed by atoms with van der Waals surface area (Å²) in [6.45, 7) is 0.332. The molecule has 4 aromatic rings. The van der Waals surface area contributed by atoms with E-state index < -0.39 is 0 Å². The Morgan fingerprint density at radius 3 is 2.45 bits per heavy atom. The van der Waals surface area contributed by atoms with E-state index in [1.807, 2.05) is 18.2 Å². The van der Waals surface area contributed by atoms with Crippen molar-refractivity contribution in [3.8, 4) is 40.0 Å². The van der Waals surface area contributed by atoms with Crippen molar-refractivity contribution in [3.05, 3.63) is 89.8 Å². The second-order valence-corrected chi connectivity index (χ2v) is 7.05. The van der Waals surface area contributed by atoms with Gasteiger partial charge in [0, 0.05) is 16.7 Å². The Labute approximate surface area is 184 Å². The van der Waals surface area contributed by atoms with Crippen LogP contribution in [-0.4, -0.2) is 22.2 Å². The van der Waals surface area contributed by atoms with Crippen LogP contribution in [0.1, 0.15) is 5.56 Å². The van der Waals surface area contributed by atoms with Crippen LogP contribution in [0.15, 0.2) is 79.3 Å². The number of benzene rings is 3. The lowest BCUT2D eigenvalue weighted by atomic mass is 10.1. The molecule has 0 aliphatic carbocycles. The monoisotopic (exact) mass is 434 g/mol. The van der Waals surface area contributed by atoms with Gasteiger partial charge in [0.25, 0.3) is 0 Å². The second kappa shape index (κ2) is 9.36. The van der Waals surface area contributed by atoms with Gasteiger partial charge < -0.3 is 19.3 Å². The molecule has 0 spiro atoms. The summed E-state index contributed by atoms with van der Waals surface area (Å²) in [7, 11) is 1.60. The zero-order valence-corrected chi connectivity index (χ0v) is 17.4. The Morgan fingerprint density at radius 2 is 1.71 bits per heavy atom. The SMILES string of the molecule is COc1ccc(Oc2cncnc2-c2ccc(OCc3cccc(Cl)c3)cc2O)cc1. The number of rotatable bonds is 7. The number of ether oxygens (including phenoxy) is 3. The van der Waals surface area contributed by atoms with E-state index >= 15 is 0 Å². The van der Waals surface area contributed by atoms with Crippen LogP contribution in [0.25, 0.3) is 11.3 Å². The fourth-order valence-corrected chi connectivity index (χ4v) is 3.17. The van der Waals surface area contributed by atoms with Crippen LogP contribution in [0.5, 0.6) is 28.7 Å². The lowest BCUT2D eigenvalue weighted by Crippen LogP contribution is -1.96. The van der Waals surface area contributed by atoms with E-state index in [2.05, 4.69) is 9.97 Å². The zero-order valence-electron chi connectivity index (χ0n) is 16.7. The van der Waals surface area contributed by atoms with Gasteiger partial charge in [-0.2, -0.15) is 0 Å². The van der Waals surface area contributed by atoms with Gasteiger partial charge in [0.05, 0.1) is 13.3 Å².